The van der Waals surface area contributed by atoms with Gasteiger partial charge in [-0.2, -0.15) is 0 Å². The Kier molecular flexibility index (Phi) is 30.7. The van der Waals surface area contributed by atoms with Crippen LogP contribution in [0.4, 0.5) is 0 Å². The number of rotatable bonds is 26. The Hall–Kier alpha value is -7.79. The molecule has 1 heterocycles. The number of nitrogens with two attached hydrogens (primary N) is 2. The molecule has 0 aromatic heterocycles. The molecule has 0 saturated carbocycles. The number of nitrogens with one attached hydrogen (secondary N) is 6. The van der Waals surface area contributed by atoms with Crippen LogP contribution in [0, 0.1) is 5.92 Å². The van der Waals surface area contributed by atoms with Crippen LogP contribution in [-0.2, 0) is 73.5 Å². The largest absolute Gasteiger partial charge is 0.481 e. The summed E-state index contributed by atoms with van der Waals surface area (Å²) >= 11 is 0. The van der Waals surface area contributed by atoms with Crippen LogP contribution in [-0.4, -0.2) is 200 Å². The molecule has 1 aromatic rings. The highest BCUT2D eigenvalue weighted by Gasteiger charge is 2.42. The number of hydrogen-bond acceptors (Lipinski definition) is 17. The molecule has 10 atom stereocenters. The van der Waals surface area contributed by atoms with Gasteiger partial charge in [-0.3, -0.25) is 57.5 Å². The molecule has 1 fully saturated rings. The van der Waals surface area contributed by atoms with E-state index in [4.69, 9.17) is 16.2 Å². The van der Waals surface area contributed by atoms with Crippen molar-refractivity contribution in [2.45, 2.75) is 184 Å². The second-order valence-electron chi connectivity index (χ2n) is 20.6. The Labute approximate surface area is 474 Å². The molecule has 1 saturated heterocycles. The number of carbonyl (C=O) groups excluding carboxylic acids is 11. The fraction of sp³-hybridized carbons (Fsp3) is 0.642. The number of primary amides is 2. The first-order chi connectivity index (χ1) is 38.6. The van der Waals surface area contributed by atoms with Crippen LogP contribution in [0.5, 0.6) is 0 Å². The molecule has 2 rings (SSSR count). The van der Waals surface area contributed by atoms with Crippen LogP contribution in [0.25, 0.3) is 0 Å². The molecule has 10 unspecified atom stereocenters. The minimum atomic E-state index is -2.26. The minimum Gasteiger partial charge on any atom is -0.481 e. The summed E-state index contributed by atoms with van der Waals surface area (Å²) in [5.41, 5.74) is 11.2. The Bertz CT molecular complexity index is 2380. The summed E-state index contributed by atoms with van der Waals surface area (Å²) in [5.74, 6) is -16.7. The van der Waals surface area contributed by atoms with E-state index in [2.05, 4.69) is 40.4 Å². The Balaban J connectivity index is 2.84. The zero-order valence-electron chi connectivity index (χ0n) is 47.0. The van der Waals surface area contributed by atoms with Gasteiger partial charge in [0.05, 0.1) is 38.6 Å². The van der Waals surface area contributed by atoms with Crippen LogP contribution in [0.2, 0.25) is 0 Å². The number of carboxylic acid groups (broad SMARTS) is 2. The lowest BCUT2D eigenvalue weighted by Gasteiger charge is -2.36. The first-order valence-electron chi connectivity index (χ1n) is 27.1. The van der Waals surface area contributed by atoms with Gasteiger partial charge in [0.15, 0.2) is 0 Å². The van der Waals surface area contributed by atoms with Crippen molar-refractivity contribution >= 4 is 77.0 Å². The van der Waals surface area contributed by atoms with Gasteiger partial charge in [0.25, 0.3) is 0 Å². The van der Waals surface area contributed by atoms with Crippen LogP contribution in [0.3, 0.4) is 0 Å². The predicted octanol–water partition coefficient (Wildman–Crippen LogP) is -3.27. The average Bonchev–Trinajstić information content (AvgIpc) is 3.56. The molecule has 0 bridgehead atoms. The van der Waals surface area contributed by atoms with Crippen molar-refractivity contribution in [1.82, 2.24) is 41.7 Å². The molecular formula is C53H82N10O19. The van der Waals surface area contributed by atoms with E-state index < -0.39 is 189 Å². The molecule has 1 aromatic carbocycles. The number of aliphatic carboxylic acids is 2. The van der Waals surface area contributed by atoms with Gasteiger partial charge in [-0.1, -0.05) is 95.5 Å². The van der Waals surface area contributed by atoms with E-state index in [1.165, 1.54) is 12.1 Å². The van der Waals surface area contributed by atoms with Crippen molar-refractivity contribution < 1.29 is 92.6 Å². The monoisotopic (exact) mass is 1160 g/mol. The molecule has 1 aliphatic heterocycles. The Morgan fingerprint density at radius 1 is 0.622 bits per heavy atom. The molecule has 15 N–H and O–H groups in total. The lowest BCUT2D eigenvalue weighted by Crippen LogP contribution is -2.62. The zero-order chi connectivity index (χ0) is 61.8. The normalized spacial score (nSPS) is 23.6. The minimum absolute atomic E-state index is 0.182. The maximum atomic E-state index is 14.6. The zero-order valence-corrected chi connectivity index (χ0v) is 47.0. The number of aliphatic hydroxyl groups is 3. The summed E-state index contributed by atoms with van der Waals surface area (Å²) in [6.45, 7) is 2.91. The number of benzene rings is 1. The van der Waals surface area contributed by atoms with Gasteiger partial charge in [-0.25, -0.2) is 4.79 Å². The van der Waals surface area contributed by atoms with E-state index in [0.29, 0.717) is 29.2 Å². The summed E-state index contributed by atoms with van der Waals surface area (Å²) in [7, 11) is 2.01. The van der Waals surface area contributed by atoms with Gasteiger partial charge in [0.2, 0.25) is 59.1 Å². The van der Waals surface area contributed by atoms with E-state index in [9.17, 15) is 87.9 Å². The maximum Gasteiger partial charge on any atom is 0.329 e. The lowest BCUT2D eigenvalue weighted by atomic mass is 10.00. The predicted molar refractivity (Wildman–Crippen MR) is 288 cm³/mol. The number of ether oxygens (including phenoxy) is 1. The number of likely N-dealkylation sites (N-methyl/N-ethyl adjacent to an activating group) is 2. The highest BCUT2D eigenvalue weighted by atomic mass is 16.5. The Morgan fingerprint density at radius 2 is 1.16 bits per heavy atom. The van der Waals surface area contributed by atoms with E-state index in [0.717, 1.165) is 70.9 Å². The SMILES string of the molecule is CC(C)CCCCCCCCCCC(=O)NC1C(=O)NC(CC(=O)O)C(=O)NC(CO)C(=O)NC(CO)C(=O)N(C)C(CC(N)=O)C(=O)N(C)C(Cc2ccccc2)C(=O)NC(C(O)CC(N)=O)C(=O)NC(CCC(=O)O)C(=O)OC1C. The van der Waals surface area contributed by atoms with Gasteiger partial charge >= 0.3 is 17.9 Å². The van der Waals surface area contributed by atoms with E-state index in [-0.39, 0.29) is 6.42 Å². The van der Waals surface area contributed by atoms with Crippen molar-refractivity contribution in [3.8, 4) is 0 Å². The molecule has 0 spiro atoms. The topological polar surface area (TPSA) is 463 Å². The summed E-state index contributed by atoms with van der Waals surface area (Å²) in [6, 6.07) is -8.39. The van der Waals surface area contributed by atoms with Crippen molar-refractivity contribution in [2.24, 2.45) is 17.4 Å². The number of hydrogen-bond donors (Lipinski definition) is 13. The number of esters is 1. The van der Waals surface area contributed by atoms with Gasteiger partial charge in [0, 0.05) is 33.4 Å². The first kappa shape index (κ1) is 70.3. The number of unbranched alkanes of at least 4 members (excludes halogenated alkanes) is 7. The average molecular weight is 1160 g/mol. The summed E-state index contributed by atoms with van der Waals surface area (Å²) < 4.78 is 5.57. The Morgan fingerprint density at radius 3 is 1.71 bits per heavy atom. The van der Waals surface area contributed by atoms with Crippen LogP contribution < -0.4 is 43.4 Å². The van der Waals surface area contributed by atoms with E-state index in [1.807, 2.05) is 5.32 Å². The van der Waals surface area contributed by atoms with Crippen LogP contribution in [0.1, 0.15) is 123 Å². The number of nitrogens with zero attached hydrogens (tertiary/aromatic N) is 2. The quantitative estimate of drug-likeness (QED) is 0.0320. The number of carboxylic acids is 2. The molecule has 10 amide bonds. The first-order valence-corrected chi connectivity index (χ1v) is 27.1. The fourth-order valence-electron chi connectivity index (χ4n) is 8.74. The summed E-state index contributed by atoms with van der Waals surface area (Å²) in [5, 5.41) is 64.5. The third-order valence-electron chi connectivity index (χ3n) is 13.4. The molecule has 29 nitrogen and oxygen atoms in total. The number of aliphatic hydroxyl groups excluding tert-OH is 3. The van der Waals surface area contributed by atoms with Crippen molar-refractivity contribution in [1.29, 1.82) is 0 Å². The number of amides is 10. The van der Waals surface area contributed by atoms with Crippen LogP contribution in [0.15, 0.2) is 30.3 Å². The van der Waals surface area contributed by atoms with E-state index >= 15 is 0 Å². The van der Waals surface area contributed by atoms with Gasteiger partial charge in [-0.05, 0) is 31.2 Å². The molecule has 82 heavy (non-hydrogen) atoms. The third kappa shape index (κ3) is 24.5. The fourth-order valence-corrected chi connectivity index (χ4v) is 8.74. The molecular weight excluding hydrogens is 1080 g/mol. The molecule has 1 aliphatic rings. The van der Waals surface area contributed by atoms with Gasteiger partial charge < -0.3 is 83.4 Å². The molecule has 458 valence electrons. The van der Waals surface area contributed by atoms with Gasteiger partial charge in [0.1, 0.15) is 54.4 Å². The second kappa shape index (κ2) is 35.8. The highest BCUT2D eigenvalue weighted by Crippen LogP contribution is 2.18. The smallest absolute Gasteiger partial charge is 0.329 e. The van der Waals surface area contributed by atoms with Crippen molar-refractivity contribution in [2.75, 3.05) is 27.3 Å². The highest BCUT2D eigenvalue weighted by molar-refractivity contribution is 6.00. The molecule has 0 aliphatic carbocycles. The molecule has 29 heteroatoms. The molecule has 0 radical (unpaired) electrons. The lowest BCUT2D eigenvalue weighted by molar-refractivity contribution is -0.157. The van der Waals surface area contributed by atoms with Gasteiger partial charge in [-0.15, -0.1) is 0 Å². The van der Waals surface area contributed by atoms with Crippen LogP contribution >= 0.6 is 0 Å². The second-order valence-corrected chi connectivity index (χ2v) is 20.6. The van der Waals surface area contributed by atoms with Crippen molar-refractivity contribution in [3.05, 3.63) is 35.9 Å². The standard InChI is InChI=1S/C53H82N10O19/c1-29(2)17-13-10-8-6-7-9-11-16-20-41(69)60-44-30(3)82-53(81)32(21-22-42(70)71)56-50(78)45(38(66)26-40(55)68)61-48(76)36(23-31-18-14-12-15-19-31)62(4)52(80)37(25-39(54)67)63(5)51(79)35(28-65)59-47(75)34(27-64)58-46(74)33(24-43(72)73)57-49(44)77/h12,14-15,18-19,29-30,32-38,44-45,64-66H,6-11,13,16-17,20-28H2,1-5H3,(H2,54,67)(H2,55,68)(H,56,78)(H,57,77)(H,58,74)(H,59,75)(H,60,69)(H,61,76)(H,70,71)(H,72,73). The summed E-state index contributed by atoms with van der Waals surface area (Å²) in [4.78, 5) is 177. The summed E-state index contributed by atoms with van der Waals surface area (Å²) in [6.07, 6.45) is -1.47. The maximum absolute atomic E-state index is 14.6. The third-order valence-corrected chi connectivity index (χ3v) is 13.4. The van der Waals surface area contributed by atoms with Crippen molar-refractivity contribution in [3.63, 3.8) is 0 Å². The van der Waals surface area contributed by atoms with E-state index in [1.54, 1.807) is 18.2 Å². The number of carbonyl (C=O) groups is 13. The number of cyclic esters (lactones) is 1.